The molecule has 2 rings (SSSR count). The van der Waals surface area contributed by atoms with E-state index in [1.54, 1.807) is 0 Å². The van der Waals surface area contributed by atoms with E-state index in [-0.39, 0.29) is 35.4 Å². The Morgan fingerprint density at radius 2 is 2.07 bits per heavy atom. The molecule has 2 aliphatic heterocycles. The molecule has 3 heteroatoms. The third-order valence-corrected chi connectivity index (χ3v) is 3.52. The van der Waals surface area contributed by atoms with E-state index in [4.69, 9.17) is 9.47 Å². The zero-order chi connectivity index (χ0) is 11.2. The fraction of sp³-hybridized carbons (Fsp3) is 0.917. The molecule has 2 aliphatic rings. The van der Waals surface area contributed by atoms with Gasteiger partial charge < -0.3 is 9.47 Å². The Morgan fingerprint density at radius 1 is 1.40 bits per heavy atom. The molecule has 0 aromatic heterocycles. The smallest absolute Gasteiger partial charge is 0.312 e. The second kappa shape index (κ2) is 3.48. The number of carbonyl (C=O) groups excluding carboxylic acids is 1. The van der Waals surface area contributed by atoms with Crippen LogP contribution >= 0.6 is 0 Å². The highest BCUT2D eigenvalue weighted by Gasteiger charge is 2.55. The van der Waals surface area contributed by atoms with Crippen molar-refractivity contribution < 1.29 is 14.3 Å². The number of esters is 1. The third kappa shape index (κ3) is 1.67. The maximum absolute atomic E-state index is 11.6. The molecule has 15 heavy (non-hydrogen) atoms. The van der Waals surface area contributed by atoms with Gasteiger partial charge in [0, 0.05) is 5.92 Å². The molecule has 0 radical (unpaired) electrons. The zero-order valence-corrected chi connectivity index (χ0v) is 9.95. The summed E-state index contributed by atoms with van der Waals surface area (Å²) in [4.78, 5) is 11.6. The van der Waals surface area contributed by atoms with Crippen LogP contribution in [0.3, 0.4) is 0 Å². The van der Waals surface area contributed by atoms with E-state index in [9.17, 15) is 4.79 Å². The maximum atomic E-state index is 11.6. The normalized spacial score (nSPS) is 40.4. The Balaban J connectivity index is 2.22. The number of cyclic esters (lactones) is 1. The van der Waals surface area contributed by atoms with Crippen molar-refractivity contribution in [3.05, 3.63) is 0 Å². The van der Waals surface area contributed by atoms with E-state index in [1.807, 2.05) is 0 Å². The van der Waals surface area contributed by atoms with Gasteiger partial charge in [-0.05, 0) is 11.8 Å². The van der Waals surface area contributed by atoms with Crippen LogP contribution in [0.15, 0.2) is 0 Å². The van der Waals surface area contributed by atoms with Crippen molar-refractivity contribution in [2.75, 3.05) is 6.61 Å². The number of rotatable bonds is 1. The van der Waals surface area contributed by atoms with E-state index < -0.39 is 0 Å². The molecule has 4 atom stereocenters. The van der Waals surface area contributed by atoms with Crippen molar-refractivity contribution in [1.82, 2.24) is 0 Å². The molecular weight excluding hydrogens is 192 g/mol. The standard InChI is InChI=1S/C12H20O3/c1-5-8-9-7(6-14-11(9)13)10(15-8)12(2,3)4/h7-10H,5-6H2,1-4H3. The minimum Gasteiger partial charge on any atom is -0.465 e. The van der Waals surface area contributed by atoms with Crippen LogP contribution in [0.1, 0.15) is 34.1 Å². The number of carbonyl (C=O) groups is 1. The molecule has 0 bridgehead atoms. The molecule has 2 heterocycles. The van der Waals surface area contributed by atoms with Crippen LogP contribution in [-0.4, -0.2) is 24.8 Å². The van der Waals surface area contributed by atoms with Gasteiger partial charge in [-0.2, -0.15) is 0 Å². The molecule has 0 saturated carbocycles. The SMILES string of the molecule is CCC1OC(C(C)(C)C)C2COC(=O)C12. The van der Waals surface area contributed by atoms with Gasteiger partial charge in [0.15, 0.2) is 0 Å². The average molecular weight is 212 g/mol. The summed E-state index contributed by atoms with van der Waals surface area (Å²) in [5.74, 6) is 0.195. The predicted octanol–water partition coefficient (Wildman–Crippen LogP) is 2.00. The number of ether oxygens (including phenoxy) is 2. The summed E-state index contributed by atoms with van der Waals surface area (Å²) in [6.45, 7) is 9.10. The van der Waals surface area contributed by atoms with Crippen LogP contribution in [0, 0.1) is 17.3 Å². The molecule has 0 amide bonds. The van der Waals surface area contributed by atoms with Gasteiger partial charge in [0.1, 0.15) is 0 Å². The highest BCUT2D eigenvalue weighted by Crippen LogP contribution is 2.45. The zero-order valence-electron chi connectivity index (χ0n) is 9.95. The van der Waals surface area contributed by atoms with Crippen molar-refractivity contribution in [1.29, 1.82) is 0 Å². The lowest BCUT2D eigenvalue weighted by molar-refractivity contribution is -0.145. The second-order valence-electron chi connectivity index (χ2n) is 5.69. The van der Waals surface area contributed by atoms with Crippen LogP contribution < -0.4 is 0 Å². The number of fused-ring (bicyclic) bond motifs is 1. The molecule has 0 aromatic carbocycles. The van der Waals surface area contributed by atoms with Crippen LogP contribution in [0.5, 0.6) is 0 Å². The van der Waals surface area contributed by atoms with E-state index >= 15 is 0 Å². The lowest BCUT2D eigenvalue weighted by atomic mass is 9.78. The number of hydrogen-bond acceptors (Lipinski definition) is 3. The molecular formula is C12H20O3. The summed E-state index contributed by atoms with van der Waals surface area (Å²) in [6.07, 6.45) is 1.11. The summed E-state index contributed by atoms with van der Waals surface area (Å²) in [5.41, 5.74) is 0.0841. The van der Waals surface area contributed by atoms with Crippen LogP contribution in [0.4, 0.5) is 0 Å². The highest BCUT2D eigenvalue weighted by atomic mass is 16.6. The fourth-order valence-electron chi connectivity index (χ4n) is 2.83. The van der Waals surface area contributed by atoms with Crippen LogP contribution in [0.25, 0.3) is 0 Å². The summed E-state index contributed by atoms with van der Waals surface area (Å²) in [7, 11) is 0. The van der Waals surface area contributed by atoms with Gasteiger partial charge in [-0.3, -0.25) is 4.79 Å². The van der Waals surface area contributed by atoms with E-state index in [2.05, 4.69) is 27.7 Å². The first-order valence-corrected chi connectivity index (χ1v) is 5.77. The van der Waals surface area contributed by atoms with Gasteiger partial charge in [-0.1, -0.05) is 27.7 Å². The Kier molecular flexibility index (Phi) is 2.53. The maximum Gasteiger partial charge on any atom is 0.312 e. The van der Waals surface area contributed by atoms with Gasteiger partial charge in [-0.15, -0.1) is 0 Å². The number of hydrogen-bond donors (Lipinski definition) is 0. The Bertz CT molecular complexity index is 267. The largest absolute Gasteiger partial charge is 0.465 e. The van der Waals surface area contributed by atoms with Gasteiger partial charge >= 0.3 is 5.97 Å². The predicted molar refractivity (Wildman–Crippen MR) is 56.3 cm³/mol. The van der Waals surface area contributed by atoms with Crippen molar-refractivity contribution in [2.24, 2.45) is 17.3 Å². The lowest BCUT2D eigenvalue weighted by Crippen LogP contribution is -2.33. The van der Waals surface area contributed by atoms with E-state index in [0.29, 0.717) is 6.61 Å². The summed E-state index contributed by atoms with van der Waals surface area (Å²) >= 11 is 0. The summed E-state index contributed by atoms with van der Waals surface area (Å²) in [5, 5.41) is 0. The van der Waals surface area contributed by atoms with Gasteiger partial charge in [0.25, 0.3) is 0 Å². The van der Waals surface area contributed by atoms with Crippen LogP contribution in [0.2, 0.25) is 0 Å². The Hall–Kier alpha value is -0.570. The van der Waals surface area contributed by atoms with Crippen molar-refractivity contribution in [3.8, 4) is 0 Å². The quantitative estimate of drug-likeness (QED) is 0.624. The molecule has 0 aliphatic carbocycles. The van der Waals surface area contributed by atoms with E-state index in [0.717, 1.165) is 6.42 Å². The monoisotopic (exact) mass is 212 g/mol. The van der Waals surface area contributed by atoms with Gasteiger partial charge in [0.2, 0.25) is 0 Å². The lowest BCUT2D eigenvalue weighted by Gasteiger charge is -2.30. The third-order valence-electron chi connectivity index (χ3n) is 3.52. The highest BCUT2D eigenvalue weighted by molar-refractivity contribution is 5.76. The first-order chi connectivity index (χ1) is 6.95. The molecule has 4 unspecified atom stereocenters. The molecule has 0 aromatic rings. The Morgan fingerprint density at radius 3 is 2.60 bits per heavy atom. The minimum atomic E-state index is -0.0569. The average Bonchev–Trinajstić information content (AvgIpc) is 2.65. The topological polar surface area (TPSA) is 35.5 Å². The molecule has 3 nitrogen and oxygen atoms in total. The molecule has 0 N–H and O–H groups in total. The second-order valence-corrected chi connectivity index (χ2v) is 5.69. The summed E-state index contributed by atoms with van der Waals surface area (Å²) < 4.78 is 11.2. The fourth-order valence-corrected chi connectivity index (χ4v) is 2.83. The molecule has 2 fully saturated rings. The molecule has 0 spiro atoms. The first kappa shape index (κ1) is 10.9. The van der Waals surface area contributed by atoms with Crippen molar-refractivity contribution >= 4 is 5.97 Å². The van der Waals surface area contributed by atoms with Crippen LogP contribution in [-0.2, 0) is 14.3 Å². The summed E-state index contributed by atoms with van der Waals surface area (Å²) in [6, 6.07) is 0. The Labute approximate surface area is 91.1 Å². The molecule has 2 saturated heterocycles. The first-order valence-electron chi connectivity index (χ1n) is 5.77. The van der Waals surface area contributed by atoms with E-state index in [1.165, 1.54) is 0 Å². The molecule has 86 valence electrons. The van der Waals surface area contributed by atoms with Gasteiger partial charge in [-0.25, -0.2) is 0 Å². The minimum absolute atomic E-state index is 0.0146. The van der Waals surface area contributed by atoms with Crippen molar-refractivity contribution in [2.45, 2.75) is 46.3 Å². The van der Waals surface area contributed by atoms with Crippen molar-refractivity contribution in [3.63, 3.8) is 0 Å². The van der Waals surface area contributed by atoms with Gasteiger partial charge in [0.05, 0.1) is 24.7 Å².